The van der Waals surface area contributed by atoms with Crippen molar-refractivity contribution in [2.24, 2.45) is 0 Å². The van der Waals surface area contributed by atoms with E-state index < -0.39 is 0 Å². The van der Waals surface area contributed by atoms with Crippen LogP contribution in [0.1, 0.15) is 18.4 Å². The predicted octanol–water partition coefficient (Wildman–Crippen LogP) is 3.65. The van der Waals surface area contributed by atoms with Gasteiger partial charge in [-0.1, -0.05) is 30.3 Å². The molecule has 1 amide bonds. The van der Waals surface area contributed by atoms with Crippen LogP contribution in [-0.2, 0) is 11.2 Å². The highest BCUT2D eigenvalue weighted by atomic mass is 35.5. The first-order valence-electron chi connectivity index (χ1n) is 6.43. The van der Waals surface area contributed by atoms with E-state index in [1.165, 1.54) is 5.56 Å². The van der Waals surface area contributed by atoms with E-state index >= 15 is 0 Å². The first-order valence-corrected chi connectivity index (χ1v) is 6.43. The van der Waals surface area contributed by atoms with Crippen LogP contribution in [0.15, 0.2) is 54.6 Å². The van der Waals surface area contributed by atoms with Crippen LogP contribution in [0.2, 0.25) is 0 Å². The Morgan fingerprint density at radius 1 is 1.00 bits per heavy atom. The lowest BCUT2D eigenvalue weighted by Crippen LogP contribution is -2.11. The second-order valence-electron chi connectivity index (χ2n) is 4.51. The Bertz CT molecular complexity index is 526. The maximum atomic E-state index is 11.7. The molecule has 0 radical (unpaired) electrons. The minimum atomic E-state index is 0. The fourth-order valence-corrected chi connectivity index (χ4v) is 1.88. The molecule has 0 aliphatic carbocycles. The normalized spacial score (nSPS) is 9.60. The Labute approximate surface area is 125 Å². The van der Waals surface area contributed by atoms with Gasteiger partial charge in [0, 0.05) is 17.8 Å². The molecule has 2 aromatic carbocycles. The van der Waals surface area contributed by atoms with Crippen LogP contribution in [0.4, 0.5) is 11.4 Å². The first kappa shape index (κ1) is 16.1. The Morgan fingerprint density at radius 2 is 1.65 bits per heavy atom. The average Bonchev–Trinajstić information content (AvgIpc) is 2.42. The van der Waals surface area contributed by atoms with Crippen LogP contribution >= 0.6 is 12.4 Å². The van der Waals surface area contributed by atoms with E-state index in [9.17, 15) is 4.79 Å². The highest BCUT2D eigenvalue weighted by Crippen LogP contribution is 2.10. The molecule has 0 aromatic heterocycles. The number of nitrogens with two attached hydrogens (primary N) is 1. The predicted molar refractivity (Wildman–Crippen MR) is 86.1 cm³/mol. The van der Waals surface area contributed by atoms with Crippen LogP contribution in [0, 0.1) is 0 Å². The molecule has 2 rings (SSSR count). The summed E-state index contributed by atoms with van der Waals surface area (Å²) in [5.41, 5.74) is 8.45. The molecule has 0 fully saturated rings. The lowest BCUT2D eigenvalue weighted by atomic mass is 10.1. The van der Waals surface area contributed by atoms with Crippen molar-refractivity contribution in [2.45, 2.75) is 19.3 Å². The first-order chi connectivity index (χ1) is 9.24. The van der Waals surface area contributed by atoms with Gasteiger partial charge in [0.25, 0.3) is 0 Å². The maximum absolute atomic E-state index is 11.7. The summed E-state index contributed by atoms with van der Waals surface area (Å²) in [6.45, 7) is 0. The third-order valence-corrected chi connectivity index (χ3v) is 2.91. The molecule has 0 saturated heterocycles. The number of benzene rings is 2. The van der Waals surface area contributed by atoms with Gasteiger partial charge >= 0.3 is 0 Å². The zero-order valence-electron chi connectivity index (χ0n) is 11.2. The van der Waals surface area contributed by atoms with E-state index in [2.05, 4.69) is 5.32 Å². The molecular formula is C16H19ClN2O. The van der Waals surface area contributed by atoms with E-state index in [0.717, 1.165) is 24.2 Å². The molecule has 0 saturated carbocycles. The Hall–Kier alpha value is -2.00. The number of rotatable bonds is 5. The van der Waals surface area contributed by atoms with E-state index in [-0.39, 0.29) is 18.3 Å². The van der Waals surface area contributed by atoms with Gasteiger partial charge in [0.05, 0.1) is 0 Å². The average molecular weight is 291 g/mol. The molecule has 3 nitrogen and oxygen atoms in total. The number of nitrogens with one attached hydrogen (secondary N) is 1. The smallest absolute Gasteiger partial charge is 0.224 e. The van der Waals surface area contributed by atoms with Crippen molar-refractivity contribution in [3.8, 4) is 0 Å². The minimum absolute atomic E-state index is 0. The number of halogens is 1. The second kappa shape index (κ2) is 8.23. The number of hydrogen-bond acceptors (Lipinski definition) is 2. The summed E-state index contributed by atoms with van der Waals surface area (Å²) >= 11 is 0. The van der Waals surface area contributed by atoms with E-state index in [1.54, 1.807) is 0 Å². The monoisotopic (exact) mass is 290 g/mol. The molecule has 0 atom stereocenters. The second-order valence-corrected chi connectivity index (χ2v) is 4.51. The van der Waals surface area contributed by atoms with Gasteiger partial charge in [0.15, 0.2) is 0 Å². The number of para-hydroxylation sites is 1. The quantitative estimate of drug-likeness (QED) is 0.826. The molecule has 0 bridgehead atoms. The summed E-state index contributed by atoms with van der Waals surface area (Å²) in [5, 5.41) is 2.88. The topological polar surface area (TPSA) is 55.1 Å². The number of aryl methyl sites for hydroxylation is 1. The van der Waals surface area contributed by atoms with Crippen molar-refractivity contribution in [1.82, 2.24) is 0 Å². The third-order valence-electron chi connectivity index (χ3n) is 2.91. The summed E-state index contributed by atoms with van der Waals surface area (Å²) < 4.78 is 0. The van der Waals surface area contributed by atoms with Gasteiger partial charge in [-0.15, -0.1) is 12.4 Å². The fraction of sp³-hybridized carbons (Fsp3) is 0.188. The van der Waals surface area contributed by atoms with Crippen LogP contribution in [0.25, 0.3) is 0 Å². The summed E-state index contributed by atoms with van der Waals surface area (Å²) in [4.78, 5) is 11.7. The lowest BCUT2D eigenvalue weighted by Gasteiger charge is -2.05. The molecule has 106 valence electrons. The molecule has 0 aliphatic heterocycles. The summed E-state index contributed by atoms with van der Waals surface area (Å²) in [5.74, 6) is 0.0571. The van der Waals surface area contributed by atoms with Crippen molar-refractivity contribution in [2.75, 3.05) is 11.1 Å². The van der Waals surface area contributed by atoms with Gasteiger partial charge in [-0.25, -0.2) is 0 Å². The highest BCUT2D eigenvalue weighted by Gasteiger charge is 2.02. The van der Waals surface area contributed by atoms with Crippen molar-refractivity contribution in [3.63, 3.8) is 0 Å². The van der Waals surface area contributed by atoms with Gasteiger partial charge < -0.3 is 11.1 Å². The SMILES string of the molecule is Cl.Nc1ccc(CCCC(=O)Nc2ccccc2)cc1. The number of carbonyl (C=O) groups excluding carboxylic acids is 1. The zero-order valence-corrected chi connectivity index (χ0v) is 12.0. The number of amides is 1. The van der Waals surface area contributed by atoms with E-state index in [4.69, 9.17) is 5.73 Å². The number of carbonyl (C=O) groups is 1. The largest absolute Gasteiger partial charge is 0.399 e. The van der Waals surface area contributed by atoms with Gasteiger partial charge in [-0.3, -0.25) is 4.79 Å². The molecular weight excluding hydrogens is 272 g/mol. The third kappa shape index (κ3) is 5.33. The Balaban J connectivity index is 0.00000200. The Kier molecular flexibility index (Phi) is 6.60. The molecule has 0 spiro atoms. The fourth-order valence-electron chi connectivity index (χ4n) is 1.88. The zero-order chi connectivity index (χ0) is 13.5. The molecule has 2 aromatic rings. The number of hydrogen-bond donors (Lipinski definition) is 2. The maximum Gasteiger partial charge on any atom is 0.224 e. The van der Waals surface area contributed by atoms with Crippen molar-refractivity contribution < 1.29 is 4.79 Å². The highest BCUT2D eigenvalue weighted by molar-refractivity contribution is 5.90. The van der Waals surface area contributed by atoms with Gasteiger partial charge in [-0.2, -0.15) is 0 Å². The molecule has 3 N–H and O–H groups in total. The molecule has 4 heteroatoms. The molecule has 20 heavy (non-hydrogen) atoms. The number of nitrogen functional groups attached to an aromatic ring is 1. The summed E-state index contributed by atoms with van der Waals surface area (Å²) in [7, 11) is 0. The van der Waals surface area contributed by atoms with Gasteiger partial charge in [0.2, 0.25) is 5.91 Å². The van der Waals surface area contributed by atoms with Crippen molar-refractivity contribution >= 4 is 29.7 Å². The summed E-state index contributed by atoms with van der Waals surface area (Å²) in [6.07, 6.45) is 2.25. The lowest BCUT2D eigenvalue weighted by molar-refractivity contribution is -0.116. The van der Waals surface area contributed by atoms with E-state index in [1.807, 2.05) is 54.6 Å². The van der Waals surface area contributed by atoms with Crippen molar-refractivity contribution in [1.29, 1.82) is 0 Å². The standard InChI is InChI=1S/C16H18N2O.ClH/c17-14-11-9-13(10-12-14)5-4-8-16(19)18-15-6-2-1-3-7-15;/h1-3,6-7,9-12H,4-5,8,17H2,(H,18,19);1H. The molecule has 0 aliphatic rings. The summed E-state index contributed by atoms with van der Waals surface area (Å²) in [6, 6.07) is 17.3. The van der Waals surface area contributed by atoms with Crippen molar-refractivity contribution in [3.05, 3.63) is 60.2 Å². The Morgan fingerprint density at radius 3 is 2.30 bits per heavy atom. The van der Waals surface area contributed by atoms with Crippen LogP contribution < -0.4 is 11.1 Å². The molecule has 0 heterocycles. The van der Waals surface area contributed by atoms with E-state index in [0.29, 0.717) is 6.42 Å². The number of anilines is 2. The van der Waals surface area contributed by atoms with Crippen LogP contribution in [0.5, 0.6) is 0 Å². The van der Waals surface area contributed by atoms with Gasteiger partial charge in [-0.05, 0) is 42.7 Å². The van der Waals surface area contributed by atoms with Crippen LogP contribution in [0.3, 0.4) is 0 Å². The minimum Gasteiger partial charge on any atom is -0.399 e. The van der Waals surface area contributed by atoms with Crippen LogP contribution in [-0.4, -0.2) is 5.91 Å². The van der Waals surface area contributed by atoms with Gasteiger partial charge in [0.1, 0.15) is 0 Å². The molecule has 0 unspecified atom stereocenters.